The summed E-state index contributed by atoms with van der Waals surface area (Å²) in [4.78, 5) is 14.5. The van der Waals surface area contributed by atoms with E-state index in [1.54, 1.807) is 18.1 Å². The van der Waals surface area contributed by atoms with Crippen molar-refractivity contribution in [3.63, 3.8) is 0 Å². The molecule has 1 aliphatic rings. The number of ether oxygens (including phenoxy) is 1. The van der Waals surface area contributed by atoms with Gasteiger partial charge < -0.3 is 14.7 Å². The zero-order chi connectivity index (χ0) is 17.3. The van der Waals surface area contributed by atoms with E-state index in [-0.39, 0.29) is 11.8 Å². The Balaban J connectivity index is 1.74. The lowest BCUT2D eigenvalue weighted by atomic mass is 10.00. The van der Waals surface area contributed by atoms with Gasteiger partial charge in [0.2, 0.25) is 0 Å². The molecule has 1 saturated heterocycles. The number of β-amino-alcohol motifs (C(OH)–C–C–N with tert-alkyl or cyclic N) is 1. The number of hydrogen-bond acceptors (Lipinski definition) is 4. The van der Waals surface area contributed by atoms with Gasteiger partial charge in [0.1, 0.15) is 5.75 Å². The second-order valence-corrected chi connectivity index (χ2v) is 6.49. The SMILES string of the molecule is COc1ccc(C)cc1C(=O)N1CC(O)C(Cc2cc(C)[nH]n2)C1. The highest BCUT2D eigenvalue weighted by molar-refractivity contribution is 5.97. The lowest BCUT2D eigenvalue weighted by Crippen LogP contribution is -2.30. The van der Waals surface area contributed by atoms with E-state index in [1.807, 2.05) is 32.0 Å². The van der Waals surface area contributed by atoms with E-state index in [4.69, 9.17) is 4.74 Å². The smallest absolute Gasteiger partial charge is 0.257 e. The standard InChI is InChI=1S/C18H23N3O3/c1-11-4-5-17(24-3)15(6-11)18(23)21-9-13(16(22)10-21)8-14-7-12(2)19-20-14/h4-7,13,16,22H,8-10H2,1-3H3,(H,19,20). The van der Waals surface area contributed by atoms with E-state index >= 15 is 0 Å². The molecule has 24 heavy (non-hydrogen) atoms. The van der Waals surface area contributed by atoms with E-state index < -0.39 is 6.10 Å². The Labute approximate surface area is 141 Å². The fraction of sp³-hybridized carbons (Fsp3) is 0.444. The van der Waals surface area contributed by atoms with Crippen molar-refractivity contribution in [2.45, 2.75) is 26.4 Å². The van der Waals surface area contributed by atoms with Crippen LogP contribution in [-0.4, -0.2) is 52.4 Å². The number of likely N-dealkylation sites (tertiary alicyclic amines) is 1. The summed E-state index contributed by atoms with van der Waals surface area (Å²) in [5.74, 6) is 0.453. The molecule has 1 aliphatic heterocycles. The van der Waals surface area contributed by atoms with E-state index in [0.29, 0.717) is 30.8 Å². The van der Waals surface area contributed by atoms with Gasteiger partial charge in [-0.2, -0.15) is 5.10 Å². The third-order valence-electron chi connectivity index (χ3n) is 4.51. The second kappa shape index (κ2) is 6.65. The minimum absolute atomic E-state index is 0.00699. The Morgan fingerprint density at radius 2 is 2.17 bits per heavy atom. The maximum Gasteiger partial charge on any atom is 0.257 e. The van der Waals surface area contributed by atoms with Crippen molar-refractivity contribution in [3.05, 3.63) is 46.8 Å². The average Bonchev–Trinajstić information content (AvgIpc) is 3.13. The molecular weight excluding hydrogens is 306 g/mol. The fourth-order valence-electron chi connectivity index (χ4n) is 3.23. The number of carbonyl (C=O) groups excluding carboxylic acids is 1. The van der Waals surface area contributed by atoms with Gasteiger partial charge in [-0.3, -0.25) is 9.89 Å². The molecule has 0 spiro atoms. The van der Waals surface area contributed by atoms with Crippen LogP contribution in [0.4, 0.5) is 0 Å². The van der Waals surface area contributed by atoms with Gasteiger partial charge in [-0.05, 0) is 38.5 Å². The van der Waals surface area contributed by atoms with Crippen LogP contribution in [0, 0.1) is 19.8 Å². The number of nitrogens with one attached hydrogen (secondary N) is 1. The minimum atomic E-state index is -0.540. The molecule has 2 heterocycles. The number of aromatic amines is 1. The minimum Gasteiger partial charge on any atom is -0.496 e. The van der Waals surface area contributed by atoms with Crippen LogP contribution in [0.15, 0.2) is 24.3 Å². The van der Waals surface area contributed by atoms with Crippen LogP contribution in [0.1, 0.15) is 27.3 Å². The Kier molecular flexibility index (Phi) is 4.57. The molecule has 128 valence electrons. The maximum absolute atomic E-state index is 12.8. The summed E-state index contributed by atoms with van der Waals surface area (Å²) >= 11 is 0. The zero-order valence-electron chi connectivity index (χ0n) is 14.2. The molecule has 0 aliphatic carbocycles. The predicted molar refractivity (Wildman–Crippen MR) is 90.2 cm³/mol. The number of aryl methyl sites for hydroxylation is 2. The van der Waals surface area contributed by atoms with Crippen molar-refractivity contribution < 1.29 is 14.6 Å². The maximum atomic E-state index is 12.8. The van der Waals surface area contributed by atoms with Crippen molar-refractivity contribution in [1.29, 1.82) is 0 Å². The third kappa shape index (κ3) is 3.28. The van der Waals surface area contributed by atoms with E-state index in [1.165, 1.54) is 0 Å². The first-order valence-electron chi connectivity index (χ1n) is 8.10. The molecule has 2 aromatic rings. The molecule has 2 N–H and O–H groups in total. The molecule has 1 aromatic carbocycles. The molecule has 0 radical (unpaired) electrons. The van der Waals surface area contributed by atoms with Gasteiger partial charge in [0.25, 0.3) is 5.91 Å². The summed E-state index contributed by atoms with van der Waals surface area (Å²) in [5, 5.41) is 17.5. The van der Waals surface area contributed by atoms with Crippen LogP contribution in [0.25, 0.3) is 0 Å². The number of H-pyrrole nitrogens is 1. The number of aliphatic hydroxyl groups is 1. The van der Waals surface area contributed by atoms with Crippen LogP contribution >= 0.6 is 0 Å². The largest absolute Gasteiger partial charge is 0.496 e. The van der Waals surface area contributed by atoms with Crippen molar-refractivity contribution >= 4 is 5.91 Å². The molecule has 2 atom stereocenters. The molecule has 1 aromatic heterocycles. The number of methoxy groups -OCH3 is 1. The monoisotopic (exact) mass is 329 g/mol. The molecule has 1 amide bonds. The van der Waals surface area contributed by atoms with E-state index in [0.717, 1.165) is 17.0 Å². The zero-order valence-corrected chi connectivity index (χ0v) is 14.2. The molecular formula is C18H23N3O3. The number of amides is 1. The normalized spacial score (nSPS) is 20.4. The summed E-state index contributed by atoms with van der Waals surface area (Å²) in [7, 11) is 1.56. The molecule has 0 bridgehead atoms. The van der Waals surface area contributed by atoms with Crippen LogP contribution in [0.3, 0.4) is 0 Å². The Morgan fingerprint density at radius 3 is 2.83 bits per heavy atom. The molecule has 1 fully saturated rings. The van der Waals surface area contributed by atoms with Gasteiger partial charge in [0, 0.05) is 24.7 Å². The van der Waals surface area contributed by atoms with Crippen molar-refractivity contribution in [2.24, 2.45) is 5.92 Å². The third-order valence-corrected chi connectivity index (χ3v) is 4.51. The average molecular weight is 329 g/mol. The highest BCUT2D eigenvalue weighted by Crippen LogP contribution is 2.26. The molecule has 3 rings (SSSR count). The number of rotatable bonds is 4. The van der Waals surface area contributed by atoms with Crippen molar-refractivity contribution in [3.8, 4) is 5.75 Å². The van der Waals surface area contributed by atoms with Gasteiger partial charge in [-0.25, -0.2) is 0 Å². The van der Waals surface area contributed by atoms with Gasteiger partial charge in [-0.15, -0.1) is 0 Å². The quantitative estimate of drug-likeness (QED) is 0.895. The Hall–Kier alpha value is -2.34. The molecule has 0 saturated carbocycles. The van der Waals surface area contributed by atoms with Gasteiger partial charge >= 0.3 is 0 Å². The second-order valence-electron chi connectivity index (χ2n) is 6.49. The van der Waals surface area contributed by atoms with Crippen LogP contribution < -0.4 is 4.74 Å². The summed E-state index contributed by atoms with van der Waals surface area (Å²) in [6.45, 7) is 4.74. The van der Waals surface area contributed by atoms with Crippen molar-refractivity contribution in [1.82, 2.24) is 15.1 Å². The number of benzene rings is 1. The van der Waals surface area contributed by atoms with Gasteiger partial charge in [0.15, 0.2) is 0 Å². The van der Waals surface area contributed by atoms with Gasteiger partial charge in [0.05, 0.1) is 24.5 Å². The number of carbonyl (C=O) groups is 1. The first kappa shape index (κ1) is 16.5. The number of nitrogens with zero attached hydrogens (tertiary/aromatic N) is 2. The van der Waals surface area contributed by atoms with E-state index in [2.05, 4.69) is 10.2 Å². The fourth-order valence-corrected chi connectivity index (χ4v) is 3.23. The molecule has 6 nitrogen and oxygen atoms in total. The van der Waals surface area contributed by atoms with Crippen molar-refractivity contribution in [2.75, 3.05) is 20.2 Å². The van der Waals surface area contributed by atoms with Crippen LogP contribution in [0.5, 0.6) is 5.75 Å². The summed E-state index contributed by atoms with van der Waals surface area (Å²) in [6.07, 6.45) is 0.113. The van der Waals surface area contributed by atoms with Crippen LogP contribution in [0.2, 0.25) is 0 Å². The van der Waals surface area contributed by atoms with Crippen LogP contribution in [-0.2, 0) is 6.42 Å². The highest BCUT2D eigenvalue weighted by Gasteiger charge is 2.35. The Bertz CT molecular complexity index is 741. The first-order valence-corrected chi connectivity index (χ1v) is 8.10. The number of hydrogen-bond donors (Lipinski definition) is 2. The predicted octanol–water partition coefficient (Wildman–Crippen LogP) is 1.71. The molecule has 6 heteroatoms. The summed E-state index contributed by atoms with van der Waals surface area (Å²) in [5.41, 5.74) is 3.46. The number of aliphatic hydroxyl groups excluding tert-OH is 1. The van der Waals surface area contributed by atoms with Gasteiger partial charge in [-0.1, -0.05) is 11.6 Å². The number of aromatic nitrogens is 2. The molecule has 2 unspecified atom stereocenters. The lowest BCUT2D eigenvalue weighted by Gasteiger charge is -2.18. The first-order chi connectivity index (χ1) is 11.5. The lowest BCUT2D eigenvalue weighted by molar-refractivity contribution is 0.0761. The Morgan fingerprint density at radius 1 is 1.38 bits per heavy atom. The summed E-state index contributed by atoms with van der Waals surface area (Å²) in [6, 6.07) is 7.52. The highest BCUT2D eigenvalue weighted by atomic mass is 16.5. The van der Waals surface area contributed by atoms with E-state index in [9.17, 15) is 9.90 Å². The summed E-state index contributed by atoms with van der Waals surface area (Å²) < 4.78 is 5.31. The topological polar surface area (TPSA) is 78.5 Å².